The number of nitrogen functional groups attached to an aromatic ring is 1. The maximum atomic E-state index is 11.4. The zero-order chi connectivity index (χ0) is 15.9. The molecule has 0 saturated carbocycles. The third-order valence-corrected chi connectivity index (χ3v) is 2.23. The highest BCUT2D eigenvalue weighted by molar-refractivity contribution is 5.93. The highest BCUT2D eigenvalue weighted by atomic mass is 16.6. The number of carbonyl (C=O) groups excluding carboxylic acids is 2. The molecule has 1 aromatic heterocycles. The Bertz CT molecular complexity index is 535. The maximum absolute atomic E-state index is 11.4. The molecule has 0 atom stereocenters. The fourth-order valence-corrected chi connectivity index (χ4v) is 1.41. The van der Waals surface area contributed by atoms with Crippen molar-refractivity contribution < 1.29 is 14.3 Å². The summed E-state index contributed by atoms with van der Waals surface area (Å²) in [5.74, 6) is 4.64. The molecule has 0 aromatic carbocycles. The maximum Gasteiger partial charge on any atom is 0.407 e. The first-order valence-electron chi connectivity index (χ1n) is 6.41. The topological polar surface area (TPSA) is 106 Å². The summed E-state index contributed by atoms with van der Waals surface area (Å²) < 4.78 is 5.09. The van der Waals surface area contributed by atoms with Gasteiger partial charge in [-0.05, 0) is 32.4 Å². The number of ether oxygens (including phenoxy) is 1. The largest absolute Gasteiger partial charge is 0.444 e. The van der Waals surface area contributed by atoms with Crippen LogP contribution in [0.1, 0.15) is 36.7 Å². The lowest BCUT2D eigenvalue weighted by atomic mass is 10.2. The number of aromatic nitrogens is 1. The molecule has 1 rings (SSSR count). The number of nitrogens with two attached hydrogens (primary N) is 1. The molecule has 0 aliphatic rings. The van der Waals surface area contributed by atoms with E-state index in [1.807, 2.05) is 5.43 Å². The highest BCUT2D eigenvalue weighted by Gasteiger charge is 2.14. The van der Waals surface area contributed by atoms with Gasteiger partial charge in [0.2, 0.25) is 0 Å². The van der Waals surface area contributed by atoms with Crippen LogP contribution in [0.5, 0.6) is 0 Å². The molecule has 1 aromatic rings. The second kappa shape index (κ2) is 7.39. The average Bonchev–Trinajstić information content (AvgIpc) is 2.41. The molecule has 7 nitrogen and oxygen atoms in total. The van der Waals surface area contributed by atoms with Crippen molar-refractivity contribution in [1.82, 2.24) is 15.7 Å². The van der Waals surface area contributed by atoms with Gasteiger partial charge >= 0.3 is 6.09 Å². The fourth-order valence-electron chi connectivity index (χ4n) is 1.41. The van der Waals surface area contributed by atoms with Crippen LogP contribution in [0.3, 0.4) is 0 Å². The van der Waals surface area contributed by atoms with Crippen molar-refractivity contribution in [3.63, 3.8) is 0 Å². The third-order valence-electron chi connectivity index (χ3n) is 2.23. The van der Waals surface area contributed by atoms with Crippen molar-refractivity contribution in [1.29, 1.82) is 0 Å². The van der Waals surface area contributed by atoms with Gasteiger partial charge in [0.1, 0.15) is 5.60 Å². The van der Waals surface area contributed by atoms with E-state index < -0.39 is 17.6 Å². The summed E-state index contributed by atoms with van der Waals surface area (Å²) in [5, 5.41) is 2.59. The van der Waals surface area contributed by atoms with Gasteiger partial charge in [-0.15, -0.1) is 0 Å². The van der Waals surface area contributed by atoms with Gasteiger partial charge in [-0.1, -0.05) is 12.2 Å². The number of nitrogens with one attached hydrogen (secondary N) is 2. The summed E-state index contributed by atoms with van der Waals surface area (Å²) in [6, 6.07) is 1.64. The van der Waals surface area contributed by atoms with Crippen LogP contribution in [0.15, 0.2) is 24.5 Å². The number of carbonyl (C=O) groups is 2. The van der Waals surface area contributed by atoms with Gasteiger partial charge in [-0.2, -0.15) is 0 Å². The fraction of sp³-hybridized carbons (Fsp3) is 0.357. The normalized spacial score (nSPS) is 11.2. The monoisotopic (exact) mass is 292 g/mol. The van der Waals surface area contributed by atoms with E-state index in [1.54, 1.807) is 45.2 Å². The van der Waals surface area contributed by atoms with E-state index in [9.17, 15) is 9.59 Å². The summed E-state index contributed by atoms with van der Waals surface area (Å²) in [6.45, 7) is 5.69. The molecule has 0 saturated heterocycles. The van der Waals surface area contributed by atoms with Crippen LogP contribution in [0.4, 0.5) is 4.79 Å². The first kappa shape index (κ1) is 16.6. The Labute approximate surface area is 123 Å². The molecule has 2 amide bonds. The van der Waals surface area contributed by atoms with Crippen LogP contribution < -0.4 is 16.6 Å². The smallest absolute Gasteiger partial charge is 0.407 e. The minimum Gasteiger partial charge on any atom is -0.444 e. The van der Waals surface area contributed by atoms with Crippen molar-refractivity contribution in [2.24, 2.45) is 5.84 Å². The number of hydrogen-bond donors (Lipinski definition) is 3. The molecule has 0 unspecified atom stereocenters. The zero-order valence-electron chi connectivity index (χ0n) is 12.3. The quantitative estimate of drug-likeness (QED) is 0.439. The summed E-state index contributed by atoms with van der Waals surface area (Å²) in [5.41, 5.74) is 2.59. The summed E-state index contributed by atoms with van der Waals surface area (Å²) >= 11 is 0. The van der Waals surface area contributed by atoms with Crippen LogP contribution in [0.25, 0.3) is 6.08 Å². The van der Waals surface area contributed by atoms with E-state index in [0.717, 1.165) is 5.56 Å². The Morgan fingerprint density at radius 2 is 2.10 bits per heavy atom. The van der Waals surface area contributed by atoms with Gasteiger partial charge in [-0.3, -0.25) is 15.2 Å². The van der Waals surface area contributed by atoms with Crippen LogP contribution in [-0.4, -0.2) is 29.1 Å². The SMILES string of the molecule is CC(C)(C)OC(=O)NCC=Cc1cncc(C(=O)NN)c1. The second-order valence-corrected chi connectivity index (χ2v) is 5.27. The lowest BCUT2D eigenvalue weighted by Crippen LogP contribution is -2.32. The predicted octanol–water partition coefficient (Wildman–Crippen LogP) is 1.22. The van der Waals surface area contributed by atoms with Gasteiger partial charge in [0, 0.05) is 18.9 Å². The molecule has 21 heavy (non-hydrogen) atoms. The summed E-state index contributed by atoms with van der Waals surface area (Å²) in [6.07, 6.45) is 5.99. The Balaban J connectivity index is 2.51. The molecule has 1 heterocycles. The van der Waals surface area contributed by atoms with Crippen molar-refractivity contribution >= 4 is 18.1 Å². The minimum atomic E-state index is -0.526. The van der Waals surface area contributed by atoms with Crippen molar-refractivity contribution in [2.45, 2.75) is 26.4 Å². The van der Waals surface area contributed by atoms with Crippen molar-refractivity contribution in [3.05, 3.63) is 35.7 Å². The molecule has 0 aliphatic heterocycles. The van der Waals surface area contributed by atoms with Gasteiger partial charge in [-0.25, -0.2) is 10.6 Å². The molecule has 0 spiro atoms. The number of hydrazine groups is 1. The van der Waals surface area contributed by atoms with Gasteiger partial charge in [0.05, 0.1) is 5.56 Å². The zero-order valence-corrected chi connectivity index (χ0v) is 12.3. The molecular weight excluding hydrogens is 272 g/mol. The number of alkyl carbamates (subject to hydrolysis) is 1. The molecule has 0 radical (unpaired) electrons. The number of nitrogens with zero attached hydrogens (tertiary/aromatic N) is 1. The van der Waals surface area contributed by atoms with Crippen LogP contribution in [0.2, 0.25) is 0 Å². The molecule has 7 heteroatoms. The number of hydrogen-bond acceptors (Lipinski definition) is 5. The average molecular weight is 292 g/mol. The number of rotatable bonds is 4. The van der Waals surface area contributed by atoms with Crippen molar-refractivity contribution in [2.75, 3.05) is 6.54 Å². The van der Waals surface area contributed by atoms with E-state index in [0.29, 0.717) is 12.1 Å². The van der Waals surface area contributed by atoms with Crippen LogP contribution in [0, 0.1) is 0 Å². The Morgan fingerprint density at radius 3 is 2.71 bits per heavy atom. The van der Waals surface area contributed by atoms with E-state index in [2.05, 4.69) is 10.3 Å². The van der Waals surface area contributed by atoms with Crippen molar-refractivity contribution in [3.8, 4) is 0 Å². The van der Waals surface area contributed by atoms with E-state index in [1.165, 1.54) is 6.20 Å². The van der Waals surface area contributed by atoms with Crippen LogP contribution >= 0.6 is 0 Å². The van der Waals surface area contributed by atoms with E-state index in [4.69, 9.17) is 10.6 Å². The Morgan fingerprint density at radius 1 is 1.38 bits per heavy atom. The third kappa shape index (κ3) is 6.53. The first-order valence-corrected chi connectivity index (χ1v) is 6.41. The molecular formula is C14H20N4O3. The number of pyridine rings is 1. The minimum absolute atomic E-state index is 0.308. The Kier molecular flexibility index (Phi) is 5.86. The molecule has 0 bridgehead atoms. The summed E-state index contributed by atoms with van der Waals surface area (Å²) in [4.78, 5) is 26.7. The van der Waals surface area contributed by atoms with Gasteiger partial charge in [0.15, 0.2) is 0 Å². The first-order chi connectivity index (χ1) is 9.81. The number of amides is 2. The van der Waals surface area contributed by atoms with Gasteiger partial charge < -0.3 is 10.1 Å². The lowest BCUT2D eigenvalue weighted by Gasteiger charge is -2.19. The summed E-state index contributed by atoms with van der Waals surface area (Å²) in [7, 11) is 0. The predicted molar refractivity (Wildman–Crippen MR) is 79.2 cm³/mol. The lowest BCUT2D eigenvalue weighted by molar-refractivity contribution is 0.0534. The van der Waals surface area contributed by atoms with Crippen LogP contribution in [-0.2, 0) is 4.74 Å². The molecule has 4 N–H and O–H groups in total. The second-order valence-electron chi connectivity index (χ2n) is 5.27. The standard InChI is InChI=1S/C14H20N4O3/c1-14(2,3)21-13(20)17-6-4-5-10-7-11(9-16-8-10)12(19)18-15/h4-5,7-9H,6,15H2,1-3H3,(H,17,20)(H,18,19). The molecule has 114 valence electrons. The molecule has 0 fully saturated rings. The molecule has 0 aliphatic carbocycles. The Hall–Kier alpha value is -2.41. The highest BCUT2D eigenvalue weighted by Crippen LogP contribution is 2.06. The van der Waals surface area contributed by atoms with E-state index >= 15 is 0 Å². The van der Waals surface area contributed by atoms with Gasteiger partial charge in [0.25, 0.3) is 5.91 Å². The van der Waals surface area contributed by atoms with E-state index in [-0.39, 0.29) is 0 Å².